The number of carbonyl (C=O) groups is 4. The Kier molecular flexibility index (Phi) is 6.24. The predicted molar refractivity (Wildman–Crippen MR) is 149 cm³/mol. The van der Waals surface area contributed by atoms with Gasteiger partial charge in [-0.25, -0.2) is 0 Å². The molecule has 2 saturated heterocycles. The molecule has 3 fully saturated rings. The molecule has 12 heteroatoms. The molecule has 6 atom stereocenters. The Balaban J connectivity index is 1.53. The maximum Gasteiger partial charge on any atom is 0.253 e. The highest BCUT2D eigenvalue weighted by atomic mass is 35.5. The fraction of sp³-hybridized carbons (Fsp3) is 0.357. The lowest BCUT2D eigenvalue weighted by molar-refractivity contribution is -0.138. The molecule has 1 N–H and O–H groups in total. The first-order valence-corrected chi connectivity index (χ1v) is 14.0. The molecule has 4 amide bonds. The molecule has 2 heterocycles. The molecule has 2 aromatic rings. The van der Waals surface area contributed by atoms with Crippen LogP contribution in [0.5, 0.6) is 11.5 Å². The lowest BCUT2D eigenvalue weighted by Gasteiger charge is -2.50. The molecule has 6 unspecified atom stereocenters. The molecule has 1 saturated carbocycles. The van der Waals surface area contributed by atoms with Crippen LogP contribution in [0.2, 0.25) is 10.0 Å². The summed E-state index contributed by atoms with van der Waals surface area (Å²) < 4.78 is 5.30. The van der Waals surface area contributed by atoms with Crippen molar-refractivity contribution in [1.29, 1.82) is 0 Å². The van der Waals surface area contributed by atoms with Gasteiger partial charge in [0.15, 0.2) is 21.2 Å². The molecular formula is C28H22Cl4N2O6. The molecule has 2 aliphatic carbocycles. The summed E-state index contributed by atoms with van der Waals surface area (Å²) in [7, 11) is 2.66. The standard InChI is InChI=1S/C28H22Cl4N2O6/c1-33-25(38)27(31)11-17-15(21(28(27,32)26(33)39)12-9-18(30)22(35)19(10-12)40-2)7-8-16-20(17)24(37)34(23(16)36)14-5-3-13(29)4-6-14/h3-7,9-10,16-17,20-21,35H,8,11H2,1-2H3. The third-order valence-corrected chi connectivity index (χ3v) is 10.7. The Morgan fingerprint density at radius 2 is 1.65 bits per heavy atom. The van der Waals surface area contributed by atoms with Crippen molar-refractivity contribution < 1.29 is 29.0 Å². The molecule has 8 nitrogen and oxygen atoms in total. The zero-order valence-electron chi connectivity index (χ0n) is 21.2. The lowest BCUT2D eigenvalue weighted by atomic mass is 9.56. The number of imide groups is 2. The Morgan fingerprint density at radius 3 is 2.30 bits per heavy atom. The number of benzene rings is 2. The van der Waals surface area contributed by atoms with E-state index in [4.69, 9.17) is 51.1 Å². The number of alkyl halides is 2. The third-order valence-electron chi connectivity index (χ3n) is 8.70. The highest BCUT2D eigenvalue weighted by Gasteiger charge is 2.76. The van der Waals surface area contributed by atoms with Gasteiger partial charge in [0.05, 0.1) is 29.7 Å². The molecule has 208 valence electrons. The van der Waals surface area contributed by atoms with E-state index in [0.717, 1.165) is 9.80 Å². The number of phenols is 1. The van der Waals surface area contributed by atoms with Gasteiger partial charge in [0.1, 0.15) is 0 Å². The quantitative estimate of drug-likeness (QED) is 0.296. The van der Waals surface area contributed by atoms with Gasteiger partial charge >= 0.3 is 0 Å². The van der Waals surface area contributed by atoms with E-state index in [1.165, 1.54) is 26.3 Å². The first kappa shape index (κ1) is 27.4. The smallest absolute Gasteiger partial charge is 0.253 e. The number of phenolic OH excluding ortho intramolecular Hbond substituents is 1. The highest BCUT2D eigenvalue weighted by molar-refractivity contribution is 6.53. The number of ether oxygens (including phenoxy) is 1. The third kappa shape index (κ3) is 3.39. The summed E-state index contributed by atoms with van der Waals surface area (Å²) in [6.45, 7) is 0. The van der Waals surface area contributed by atoms with E-state index in [2.05, 4.69) is 0 Å². The number of anilines is 1. The number of nitrogens with zero attached hydrogens (tertiary/aromatic N) is 2. The van der Waals surface area contributed by atoms with Crippen molar-refractivity contribution in [3.63, 3.8) is 0 Å². The Hall–Kier alpha value is -2.78. The second-order valence-electron chi connectivity index (χ2n) is 10.5. The maximum absolute atomic E-state index is 14.0. The fourth-order valence-electron chi connectivity index (χ4n) is 6.88. The SMILES string of the molecule is COc1cc(C2C3=CCC4C(=O)N(c5ccc(Cl)cc5)C(=O)C4C3CC3(Cl)C(=O)N(C)C(=O)C23Cl)cc(Cl)c1O. The van der Waals surface area contributed by atoms with Crippen LogP contribution in [0, 0.1) is 17.8 Å². The Labute approximate surface area is 249 Å². The molecule has 0 bridgehead atoms. The highest BCUT2D eigenvalue weighted by Crippen LogP contribution is 2.65. The van der Waals surface area contributed by atoms with Crippen molar-refractivity contribution in [2.24, 2.45) is 17.8 Å². The van der Waals surface area contributed by atoms with Gasteiger partial charge in [-0.2, -0.15) is 0 Å². The van der Waals surface area contributed by atoms with Gasteiger partial charge in [-0.3, -0.25) is 29.0 Å². The minimum absolute atomic E-state index is 0.0329. The van der Waals surface area contributed by atoms with Gasteiger partial charge in [-0.05, 0) is 60.7 Å². The first-order chi connectivity index (χ1) is 18.9. The number of methoxy groups -OCH3 is 1. The van der Waals surface area contributed by atoms with Crippen LogP contribution in [0.3, 0.4) is 0 Å². The van der Waals surface area contributed by atoms with Crippen LogP contribution in [-0.2, 0) is 19.2 Å². The van der Waals surface area contributed by atoms with E-state index in [9.17, 15) is 24.3 Å². The van der Waals surface area contributed by atoms with E-state index in [1.807, 2.05) is 6.08 Å². The number of likely N-dealkylation sites (tertiary alicyclic amines) is 1. The lowest BCUT2D eigenvalue weighted by Crippen LogP contribution is -2.60. The van der Waals surface area contributed by atoms with Crippen LogP contribution in [0.4, 0.5) is 5.69 Å². The van der Waals surface area contributed by atoms with Gasteiger partial charge in [-0.15, -0.1) is 23.2 Å². The number of aromatic hydroxyl groups is 1. The van der Waals surface area contributed by atoms with Crippen LogP contribution < -0.4 is 9.64 Å². The van der Waals surface area contributed by atoms with Crippen LogP contribution in [0.25, 0.3) is 0 Å². The number of amides is 4. The zero-order chi connectivity index (χ0) is 28.9. The summed E-state index contributed by atoms with van der Waals surface area (Å²) in [6, 6.07) is 9.31. The van der Waals surface area contributed by atoms with E-state index in [1.54, 1.807) is 24.3 Å². The predicted octanol–water partition coefficient (Wildman–Crippen LogP) is 4.90. The minimum Gasteiger partial charge on any atom is -0.503 e. The van der Waals surface area contributed by atoms with E-state index in [-0.39, 0.29) is 35.3 Å². The van der Waals surface area contributed by atoms with Crippen LogP contribution in [0.15, 0.2) is 48.0 Å². The molecular weight excluding hydrogens is 602 g/mol. The van der Waals surface area contributed by atoms with Gasteiger partial charge in [-0.1, -0.05) is 34.9 Å². The molecule has 6 rings (SSSR count). The summed E-state index contributed by atoms with van der Waals surface area (Å²) in [4.78, 5) is 52.9. The van der Waals surface area contributed by atoms with Crippen LogP contribution >= 0.6 is 46.4 Å². The van der Waals surface area contributed by atoms with E-state index in [0.29, 0.717) is 21.8 Å². The number of hydrogen-bond donors (Lipinski definition) is 1. The number of carbonyl (C=O) groups excluding carboxylic acids is 4. The maximum atomic E-state index is 14.0. The summed E-state index contributed by atoms with van der Waals surface area (Å²) in [5, 5.41) is 10.8. The van der Waals surface area contributed by atoms with Crippen LogP contribution in [-0.4, -0.2) is 57.5 Å². The molecule has 40 heavy (non-hydrogen) atoms. The Bertz CT molecular complexity index is 1540. The van der Waals surface area contributed by atoms with Crippen molar-refractivity contribution in [2.75, 3.05) is 19.1 Å². The topological polar surface area (TPSA) is 104 Å². The first-order valence-electron chi connectivity index (χ1n) is 12.5. The number of allylic oxidation sites excluding steroid dienone is 2. The second-order valence-corrected chi connectivity index (χ2v) is 12.6. The van der Waals surface area contributed by atoms with Crippen molar-refractivity contribution in [3.8, 4) is 11.5 Å². The van der Waals surface area contributed by atoms with Crippen molar-refractivity contribution in [2.45, 2.75) is 28.5 Å². The summed E-state index contributed by atoms with van der Waals surface area (Å²) in [6.07, 6.45) is 1.90. The normalized spacial score (nSPS) is 33.1. The minimum atomic E-state index is -1.97. The Morgan fingerprint density at radius 1 is 0.975 bits per heavy atom. The van der Waals surface area contributed by atoms with Gasteiger partial charge in [0.25, 0.3) is 11.8 Å². The fourth-order valence-corrected chi connectivity index (χ4v) is 8.24. The monoisotopic (exact) mass is 622 g/mol. The summed E-state index contributed by atoms with van der Waals surface area (Å²) in [5.74, 6) is -5.70. The molecule has 2 aliphatic heterocycles. The molecule has 0 spiro atoms. The summed E-state index contributed by atoms with van der Waals surface area (Å²) in [5.41, 5.74) is 1.36. The number of halogens is 4. The number of hydrogen-bond acceptors (Lipinski definition) is 6. The molecule has 0 radical (unpaired) electrons. The number of fused-ring (bicyclic) bond motifs is 4. The average Bonchev–Trinajstić information content (AvgIpc) is 3.25. The summed E-state index contributed by atoms with van der Waals surface area (Å²) >= 11 is 26.7. The van der Waals surface area contributed by atoms with Gasteiger partial charge in [0, 0.05) is 18.0 Å². The van der Waals surface area contributed by atoms with E-state index < -0.39 is 51.1 Å². The number of rotatable bonds is 3. The molecule has 2 aromatic carbocycles. The average molecular weight is 624 g/mol. The zero-order valence-corrected chi connectivity index (χ0v) is 24.2. The van der Waals surface area contributed by atoms with Crippen molar-refractivity contribution >= 4 is 75.7 Å². The molecule has 0 aromatic heterocycles. The van der Waals surface area contributed by atoms with E-state index >= 15 is 0 Å². The van der Waals surface area contributed by atoms with Gasteiger partial charge in [0.2, 0.25) is 11.8 Å². The van der Waals surface area contributed by atoms with Gasteiger partial charge < -0.3 is 9.84 Å². The molecule has 4 aliphatic rings. The largest absolute Gasteiger partial charge is 0.503 e. The van der Waals surface area contributed by atoms with Crippen molar-refractivity contribution in [3.05, 3.63) is 63.7 Å². The van der Waals surface area contributed by atoms with Crippen LogP contribution in [0.1, 0.15) is 24.3 Å². The van der Waals surface area contributed by atoms with Crippen molar-refractivity contribution in [1.82, 2.24) is 4.90 Å². The second kappa shape index (κ2) is 9.11.